The molecule has 5 unspecified atom stereocenters. The molecule has 0 radical (unpaired) electrons. The van der Waals surface area contributed by atoms with Gasteiger partial charge < -0.3 is 33.5 Å². The lowest BCUT2D eigenvalue weighted by Gasteiger charge is -2.71. The number of aliphatic hydroxyl groups excluding tert-OH is 1. The third-order valence-electron chi connectivity index (χ3n) is 20.1. The number of hydrogen-bond donors (Lipinski definition) is 1. The minimum absolute atomic E-state index is 0.00142. The molecule has 1 N–H and O–H groups in total. The number of carbonyl (C=O) groups is 1. The molecule has 1 saturated heterocycles. The molecule has 1 aromatic rings. The highest BCUT2D eigenvalue weighted by molar-refractivity contribution is 5.79. The third kappa shape index (κ3) is 10.4. The summed E-state index contributed by atoms with van der Waals surface area (Å²) in [6.45, 7) is 29.8. The molecule has 1 aliphatic heterocycles. The highest BCUT2D eigenvalue weighted by Gasteiger charge is 2.70. The second-order valence-corrected chi connectivity index (χ2v) is 25.0. The van der Waals surface area contributed by atoms with E-state index in [2.05, 4.69) is 94.4 Å². The lowest BCUT2D eigenvalue weighted by atomic mass is 9.33. The number of aliphatic hydroxyl groups is 1. The Hall–Kier alpha value is -1.81. The van der Waals surface area contributed by atoms with E-state index < -0.39 is 23.7 Å². The predicted octanol–water partition coefficient (Wildman–Crippen LogP) is 13.6. The molecule has 4 saturated carbocycles. The summed E-state index contributed by atoms with van der Waals surface area (Å²) in [5, 5.41) is 13.2. The smallest absolute Gasteiger partial charge is 0.313 e. The molecule has 0 bridgehead atoms. The van der Waals surface area contributed by atoms with Crippen LogP contribution in [0.1, 0.15) is 197 Å². The number of carbonyl (C=O) groups excluding carboxylic acids is 1. The Morgan fingerprint density at radius 1 is 0.721 bits per heavy atom. The highest BCUT2D eigenvalue weighted by Crippen LogP contribution is 2.76. The molecule has 386 valence electrons. The first-order chi connectivity index (χ1) is 32.5. The van der Waals surface area contributed by atoms with Crippen molar-refractivity contribution in [2.24, 2.45) is 56.2 Å². The van der Waals surface area contributed by atoms with Crippen LogP contribution in [0.4, 0.5) is 0 Å². The number of fused-ring (bicyclic) bond motifs is 7. The van der Waals surface area contributed by atoms with Crippen molar-refractivity contribution < 1.29 is 38.3 Å². The average Bonchev–Trinajstić information content (AvgIpc) is 3.30. The maximum absolute atomic E-state index is 14.6. The molecular formula is C60H98O8. The zero-order chi connectivity index (χ0) is 49.0. The van der Waals surface area contributed by atoms with Crippen molar-refractivity contribution in [1.82, 2.24) is 0 Å². The third-order valence-corrected chi connectivity index (χ3v) is 20.1. The van der Waals surface area contributed by atoms with Crippen LogP contribution in [-0.2, 0) is 39.8 Å². The van der Waals surface area contributed by atoms with Gasteiger partial charge in [0.05, 0.1) is 18.1 Å². The summed E-state index contributed by atoms with van der Waals surface area (Å²) < 4.78 is 40.4. The molecule has 68 heavy (non-hydrogen) atoms. The summed E-state index contributed by atoms with van der Waals surface area (Å²) in [5.41, 5.74) is 2.37. The minimum Gasteiger partial charge on any atom is -0.460 e. The standard InChI is InChI=1S/C60H98O8/c1-12-16-35-63-41-46-50(64-36-17-13-2)52(65-37-18-14-3)53(66-38-19-15-4)51(68-46)49(61)44-27-29-57(9)47(56(44,7)8)28-30-59(11)48(57)26-25-43-45-39-55(5,6)31-33-60(45,34-32-58(43,59)10)54(62)67-40-42-23-21-20-22-24-42/h20-25,44-53,61H,12-19,26-41H2,1-11H3/t44-,45?,46?,47?,48?,49+,50-,51+,52?,53-,57+,58-,59-,60+/m1/s1. The summed E-state index contributed by atoms with van der Waals surface area (Å²) in [7, 11) is 0. The van der Waals surface area contributed by atoms with Crippen LogP contribution in [0.2, 0.25) is 0 Å². The van der Waals surface area contributed by atoms with Crippen LogP contribution in [0, 0.1) is 56.2 Å². The van der Waals surface area contributed by atoms with Crippen LogP contribution in [0.5, 0.6) is 0 Å². The van der Waals surface area contributed by atoms with Crippen molar-refractivity contribution in [3.63, 3.8) is 0 Å². The first-order valence-electron chi connectivity index (χ1n) is 28.2. The zero-order valence-electron chi connectivity index (χ0n) is 45.0. The monoisotopic (exact) mass is 947 g/mol. The predicted molar refractivity (Wildman–Crippen MR) is 273 cm³/mol. The average molecular weight is 947 g/mol. The number of benzene rings is 1. The fraction of sp³-hybridized carbons (Fsp3) is 0.850. The van der Waals surface area contributed by atoms with Crippen molar-refractivity contribution in [2.45, 2.75) is 235 Å². The van der Waals surface area contributed by atoms with Gasteiger partial charge in [-0.3, -0.25) is 4.79 Å². The molecule has 5 fully saturated rings. The Morgan fingerprint density at radius 2 is 1.34 bits per heavy atom. The fourth-order valence-corrected chi connectivity index (χ4v) is 15.8. The van der Waals surface area contributed by atoms with E-state index in [0.29, 0.717) is 51.5 Å². The number of esters is 1. The molecule has 6 aliphatic rings. The van der Waals surface area contributed by atoms with Gasteiger partial charge in [-0.2, -0.15) is 0 Å². The second-order valence-electron chi connectivity index (χ2n) is 25.0. The van der Waals surface area contributed by atoms with E-state index in [1.807, 2.05) is 18.2 Å². The Morgan fingerprint density at radius 3 is 2.00 bits per heavy atom. The van der Waals surface area contributed by atoms with Gasteiger partial charge >= 0.3 is 5.97 Å². The number of hydrogen-bond acceptors (Lipinski definition) is 8. The van der Waals surface area contributed by atoms with Crippen molar-refractivity contribution in [2.75, 3.05) is 33.0 Å². The molecule has 8 nitrogen and oxygen atoms in total. The maximum Gasteiger partial charge on any atom is 0.313 e. The molecule has 1 aromatic carbocycles. The van der Waals surface area contributed by atoms with E-state index >= 15 is 0 Å². The van der Waals surface area contributed by atoms with Crippen LogP contribution in [-0.4, -0.2) is 80.7 Å². The van der Waals surface area contributed by atoms with E-state index in [1.165, 1.54) is 0 Å². The number of ether oxygens (including phenoxy) is 6. The van der Waals surface area contributed by atoms with E-state index in [0.717, 1.165) is 121 Å². The lowest BCUT2D eigenvalue weighted by molar-refractivity contribution is -0.292. The zero-order valence-corrected chi connectivity index (χ0v) is 45.0. The van der Waals surface area contributed by atoms with E-state index in [1.54, 1.807) is 5.57 Å². The summed E-state index contributed by atoms with van der Waals surface area (Å²) in [4.78, 5) is 14.6. The molecule has 0 spiro atoms. The van der Waals surface area contributed by atoms with Gasteiger partial charge in [-0.15, -0.1) is 0 Å². The molecule has 0 aromatic heterocycles. The van der Waals surface area contributed by atoms with Gasteiger partial charge in [-0.1, -0.05) is 144 Å². The van der Waals surface area contributed by atoms with Gasteiger partial charge in [0.2, 0.25) is 0 Å². The van der Waals surface area contributed by atoms with Crippen LogP contribution in [0.25, 0.3) is 0 Å². The van der Waals surface area contributed by atoms with E-state index in [9.17, 15) is 9.90 Å². The molecule has 1 heterocycles. The lowest BCUT2D eigenvalue weighted by Crippen LogP contribution is -2.68. The normalized spacial score (nSPS) is 38.8. The van der Waals surface area contributed by atoms with Crippen LogP contribution < -0.4 is 0 Å². The summed E-state index contributed by atoms with van der Waals surface area (Å²) >= 11 is 0. The van der Waals surface area contributed by atoms with Crippen molar-refractivity contribution in [1.29, 1.82) is 0 Å². The van der Waals surface area contributed by atoms with Crippen LogP contribution in [0.3, 0.4) is 0 Å². The summed E-state index contributed by atoms with van der Waals surface area (Å²) in [6.07, 6.45) is 18.2. The van der Waals surface area contributed by atoms with Crippen molar-refractivity contribution >= 4 is 5.97 Å². The highest BCUT2D eigenvalue weighted by atomic mass is 16.6. The summed E-state index contributed by atoms with van der Waals surface area (Å²) in [5.74, 6) is 1.19. The first kappa shape index (κ1) is 54.0. The van der Waals surface area contributed by atoms with E-state index in [-0.39, 0.29) is 63.2 Å². The quantitative estimate of drug-likeness (QED) is 0.0698. The topological polar surface area (TPSA) is 92.7 Å². The van der Waals surface area contributed by atoms with Crippen LogP contribution >= 0.6 is 0 Å². The van der Waals surface area contributed by atoms with Gasteiger partial charge in [0.25, 0.3) is 0 Å². The Labute approximate surface area is 414 Å². The molecule has 8 heteroatoms. The molecule has 0 amide bonds. The Bertz CT molecular complexity index is 1790. The minimum atomic E-state index is -0.736. The Balaban J connectivity index is 1.17. The van der Waals surface area contributed by atoms with Gasteiger partial charge in [0.1, 0.15) is 37.1 Å². The van der Waals surface area contributed by atoms with Crippen LogP contribution in [0.15, 0.2) is 42.0 Å². The number of rotatable bonds is 22. The summed E-state index contributed by atoms with van der Waals surface area (Å²) in [6, 6.07) is 10.2. The fourth-order valence-electron chi connectivity index (χ4n) is 15.8. The largest absolute Gasteiger partial charge is 0.460 e. The molecular weight excluding hydrogens is 849 g/mol. The molecule has 14 atom stereocenters. The second kappa shape index (κ2) is 22.5. The Kier molecular flexibility index (Phi) is 17.9. The van der Waals surface area contributed by atoms with Gasteiger partial charge in [-0.25, -0.2) is 0 Å². The number of unbranched alkanes of at least 4 members (excludes halogenated alkanes) is 4. The molecule has 5 aliphatic carbocycles. The van der Waals surface area contributed by atoms with E-state index in [4.69, 9.17) is 28.4 Å². The van der Waals surface area contributed by atoms with Crippen molar-refractivity contribution in [3.05, 3.63) is 47.5 Å². The number of allylic oxidation sites excluding steroid dienone is 2. The molecule has 7 rings (SSSR count). The SMILES string of the molecule is CCCCOCC1O[C@@H]([C@@H](O)[C@H]2CC[C@@]3(C)C(CC[C@]4(C)C3CC=C3C5CC(C)(C)CC[C@]5(C(=O)OCc5ccccc5)CC[C@]34C)C2(C)C)[C@@H](OCCCC)C(OCCCC)[C@@H]1OCCCC. The maximum atomic E-state index is 14.6. The van der Waals surface area contributed by atoms with Gasteiger partial charge in [0, 0.05) is 26.4 Å². The van der Waals surface area contributed by atoms with Crippen molar-refractivity contribution in [3.8, 4) is 0 Å². The first-order valence-corrected chi connectivity index (χ1v) is 28.2. The van der Waals surface area contributed by atoms with Gasteiger partial charge in [-0.05, 0) is 146 Å². The van der Waals surface area contributed by atoms with Gasteiger partial charge in [0.15, 0.2) is 0 Å².